The minimum Gasteiger partial charge on any atom is -0.204 e. The predicted molar refractivity (Wildman–Crippen MR) is 49.1 cm³/mol. The molecule has 0 atom stereocenters. The molecule has 0 saturated heterocycles. The van der Waals surface area contributed by atoms with Gasteiger partial charge in [-0.3, -0.25) is 0 Å². The van der Waals surface area contributed by atoms with E-state index in [2.05, 4.69) is 0 Å². The molecule has 0 bridgehead atoms. The van der Waals surface area contributed by atoms with Gasteiger partial charge in [0.15, 0.2) is 5.82 Å². The molecular formula is C6H2Cl2FI. The van der Waals surface area contributed by atoms with Crippen LogP contribution in [0.2, 0.25) is 10.0 Å². The third kappa shape index (κ3) is 1.54. The summed E-state index contributed by atoms with van der Waals surface area (Å²) in [5, 5.41) is 0.497. The lowest BCUT2D eigenvalue weighted by Gasteiger charge is -1.97. The van der Waals surface area contributed by atoms with Crippen molar-refractivity contribution < 1.29 is 4.39 Å². The third-order valence-electron chi connectivity index (χ3n) is 0.988. The van der Waals surface area contributed by atoms with Crippen molar-refractivity contribution in [3.63, 3.8) is 0 Å². The van der Waals surface area contributed by atoms with Crippen LogP contribution in [-0.2, 0) is 0 Å². The Morgan fingerprint density at radius 1 is 1.20 bits per heavy atom. The fourth-order valence-electron chi connectivity index (χ4n) is 0.502. The SMILES string of the molecule is Fc1c(Cl)ccc(Cl)c1I. The molecule has 0 aliphatic rings. The predicted octanol–water partition coefficient (Wildman–Crippen LogP) is 3.74. The number of benzene rings is 1. The van der Waals surface area contributed by atoms with Crippen LogP contribution >= 0.6 is 45.8 Å². The highest BCUT2D eigenvalue weighted by Crippen LogP contribution is 2.26. The van der Waals surface area contributed by atoms with Crippen molar-refractivity contribution in [2.75, 3.05) is 0 Å². The Morgan fingerprint density at radius 2 is 1.70 bits per heavy atom. The quantitative estimate of drug-likeness (QED) is 0.388. The second-order valence-corrected chi connectivity index (χ2v) is 3.55. The van der Waals surface area contributed by atoms with Gasteiger partial charge in [0.05, 0.1) is 13.6 Å². The minimum absolute atomic E-state index is 0.105. The van der Waals surface area contributed by atoms with Crippen LogP contribution in [0.15, 0.2) is 12.1 Å². The van der Waals surface area contributed by atoms with Gasteiger partial charge in [0.2, 0.25) is 0 Å². The van der Waals surface area contributed by atoms with Crippen molar-refractivity contribution in [3.05, 3.63) is 31.6 Å². The lowest BCUT2D eigenvalue weighted by molar-refractivity contribution is 0.621. The zero-order valence-corrected chi connectivity index (χ0v) is 8.34. The highest BCUT2D eigenvalue weighted by molar-refractivity contribution is 14.1. The Labute approximate surface area is 81.5 Å². The first kappa shape index (κ1) is 8.56. The van der Waals surface area contributed by atoms with Crippen LogP contribution in [-0.4, -0.2) is 0 Å². The molecule has 1 aromatic rings. The molecule has 1 aromatic carbocycles. The van der Waals surface area contributed by atoms with Crippen LogP contribution < -0.4 is 0 Å². The molecule has 0 heterocycles. The molecular weight excluding hydrogens is 289 g/mol. The largest absolute Gasteiger partial charge is 0.204 e. The van der Waals surface area contributed by atoms with Gasteiger partial charge < -0.3 is 0 Å². The minimum atomic E-state index is -0.449. The Kier molecular flexibility index (Phi) is 2.77. The van der Waals surface area contributed by atoms with E-state index in [1.54, 1.807) is 28.7 Å². The average molecular weight is 291 g/mol. The first-order valence-corrected chi connectivity index (χ1v) is 4.25. The molecule has 0 amide bonds. The molecule has 0 aliphatic heterocycles. The Bertz CT molecular complexity index is 235. The summed E-state index contributed by atoms with van der Waals surface area (Å²) in [6.07, 6.45) is 0. The smallest absolute Gasteiger partial charge is 0.156 e. The van der Waals surface area contributed by atoms with Gasteiger partial charge in [0.25, 0.3) is 0 Å². The summed E-state index contributed by atoms with van der Waals surface area (Å²) in [6.45, 7) is 0. The summed E-state index contributed by atoms with van der Waals surface area (Å²) >= 11 is 12.8. The number of hydrogen-bond donors (Lipinski definition) is 0. The molecule has 1 rings (SSSR count). The lowest BCUT2D eigenvalue weighted by Crippen LogP contribution is -1.83. The summed E-state index contributed by atoms with van der Waals surface area (Å²) in [6, 6.07) is 3.00. The highest BCUT2D eigenvalue weighted by atomic mass is 127. The molecule has 0 unspecified atom stereocenters. The van der Waals surface area contributed by atoms with E-state index in [-0.39, 0.29) is 5.02 Å². The third-order valence-corrected chi connectivity index (χ3v) is 2.97. The van der Waals surface area contributed by atoms with Crippen molar-refractivity contribution in [2.45, 2.75) is 0 Å². The van der Waals surface area contributed by atoms with Crippen molar-refractivity contribution in [3.8, 4) is 0 Å². The van der Waals surface area contributed by atoms with Crippen molar-refractivity contribution in [1.82, 2.24) is 0 Å². The van der Waals surface area contributed by atoms with Crippen molar-refractivity contribution in [2.24, 2.45) is 0 Å². The maximum absolute atomic E-state index is 12.8. The summed E-state index contributed by atoms with van der Waals surface area (Å²) in [4.78, 5) is 0. The standard InChI is InChI=1S/C6H2Cl2FI/c7-3-1-2-4(8)6(10)5(3)9/h1-2H. The van der Waals surface area contributed by atoms with E-state index in [1.165, 1.54) is 6.07 Å². The summed E-state index contributed by atoms with van der Waals surface area (Å²) < 4.78 is 13.1. The maximum atomic E-state index is 12.8. The van der Waals surface area contributed by atoms with E-state index in [0.717, 1.165) is 0 Å². The molecule has 0 radical (unpaired) electrons. The summed E-state index contributed by atoms with van der Waals surface area (Å²) in [5.41, 5.74) is 0. The molecule has 0 fully saturated rings. The van der Waals surface area contributed by atoms with Gasteiger partial charge in [-0.2, -0.15) is 0 Å². The van der Waals surface area contributed by atoms with E-state index in [0.29, 0.717) is 8.59 Å². The van der Waals surface area contributed by atoms with Gasteiger partial charge in [-0.15, -0.1) is 0 Å². The first-order chi connectivity index (χ1) is 4.63. The van der Waals surface area contributed by atoms with E-state index in [9.17, 15) is 4.39 Å². The average Bonchev–Trinajstić information content (AvgIpc) is 1.93. The van der Waals surface area contributed by atoms with Crippen LogP contribution in [0.1, 0.15) is 0 Å². The van der Waals surface area contributed by atoms with Crippen LogP contribution in [0.25, 0.3) is 0 Å². The Morgan fingerprint density at radius 3 is 2.20 bits per heavy atom. The van der Waals surface area contributed by atoms with Crippen LogP contribution in [0.4, 0.5) is 4.39 Å². The van der Waals surface area contributed by atoms with Gasteiger partial charge >= 0.3 is 0 Å². The van der Waals surface area contributed by atoms with Crippen LogP contribution in [0.3, 0.4) is 0 Å². The zero-order valence-electron chi connectivity index (χ0n) is 4.67. The molecule has 54 valence electrons. The van der Waals surface area contributed by atoms with Gasteiger partial charge in [-0.25, -0.2) is 4.39 Å². The monoisotopic (exact) mass is 290 g/mol. The normalized spacial score (nSPS) is 10.0. The first-order valence-electron chi connectivity index (χ1n) is 2.42. The van der Waals surface area contributed by atoms with Gasteiger partial charge in [-0.1, -0.05) is 23.2 Å². The fraction of sp³-hybridized carbons (Fsp3) is 0. The number of hydrogen-bond acceptors (Lipinski definition) is 0. The molecule has 4 heteroatoms. The topological polar surface area (TPSA) is 0 Å². The van der Waals surface area contributed by atoms with E-state index in [1.807, 2.05) is 0 Å². The Hall–Kier alpha value is 0.460. The van der Waals surface area contributed by atoms with E-state index >= 15 is 0 Å². The fourth-order valence-corrected chi connectivity index (χ4v) is 1.44. The van der Waals surface area contributed by atoms with Gasteiger partial charge in [0.1, 0.15) is 0 Å². The molecule has 0 N–H and O–H groups in total. The van der Waals surface area contributed by atoms with E-state index < -0.39 is 5.82 Å². The second-order valence-electron chi connectivity index (χ2n) is 1.66. The molecule has 0 spiro atoms. The highest BCUT2D eigenvalue weighted by Gasteiger charge is 2.06. The van der Waals surface area contributed by atoms with E-state index in [4.69, 9.17) is 23.2 Å². The number of rotatable bonds is 0. The molecule has 0 aliphatic carbocycles. The second kappa shape index (κ2) is 3.24. The molecule has 0 aromatic heterocycles. The molecule has 0 saturated carbocycles. The summed E-state index contributed by atoms with van der Waals surface area (Å²) in [7, 11) is 0. The lowest BCUT2D eigenvalue weighted by atomic mass is 10.3. The van der Waals surface area contributed by atoms with Gasteiger partial charge in [-0.05, 0) is 34.7 Å². The van der Waals surface area contributed by atoms with Gasteiger partial charge in [0, 0.05) is 0 Å². The Balaban J connectivity index is 3.34. The number of halogens is 4. The van der Waals surface area contributed by atoms with Crippen LogP contribution in [0, 0.1) is 9.39 Å². The summed E-state index contributed by atoms with van der Waals surface area (Å²) in [5.74, 6) is -0.449. The molecule has 10 heavy (non-hydrogen) atoms. The maximum Gasteiger partial charge on any atom is 0.156 e. The van der Waals surface area contributed by atoms with Crippen LogP contribution in [0.5, 0.6) is 0 Å². The van der Waals surface area contributed by atoms with Crippen molar-refractivity contribution >= 4 is 45.8 Å². The molecule has 0 nitrogen and oxygen atoms in total. The van der Waals surface area contributed by atoms with Crippen molar-refractivity contribution in [1.29, 1.82) is 0 Å². The zero-order chi connectivity index (χ0) is 7.72.